The Morgan fingerprint density at radius 1 is 1.11 bits per heavy atom. The molecule has 14 nitrogen and oxygen atoms in total. The molecular weight excluding hydrogens is 780 g/mol. The Morgan fingerprint density at radius 2 is 1.86 bits per heavy atom. The number of hydrogen-bond acceptors (Lipinski definition) is 12. The van der Waals surface area contributed by atoms with E-state index in [-0.39, 0.29) is 25.3 Å². The first-order valence-electron chi connectivity index (χ1n) is 17.9. The Hall–Kier alpha value is -5.19. The number of rotatable bonds is 15. The SMILES string of the molecule is C=C[C@@H]1C[C@]1(NC(=O)C1C[C@@H](Oc2ncc(OC)c3ccc(Cl)cc23)CN1C(=O)[C@@H](Nc1nc(-c2ccc(OC)cc2)cs1)C(=C)C)C(=O)NS(=O)(=O)C1CC1. The second-order valence-electron chi connectivity index (χ2n) is 14.2. The highest BCUT2D eigenvalue weighted by atomic mass is 35.5. The number of fused-ring (bicyclic) bond motifs is 1. The summed E-state index contributed by atoms with van der Waals surface area (Å²) in [4.78, 5) is 53.1. The lowest BCUT2D eigenvalue weighted by Crippen LogP contribution is -2.57. The molecule has 3 aliphatic rings. The van der Waals surface area contributed by atoms with Crippen molar-refractivity contribution in [3.63, 3.8) is 0 Å². The van der Waals surface area contributed by atoms with Crippen LogP contribution in [0.5, 0.6) is 17.4 Å². The minimum Gasteiger partial charge on any atom is -0.497 e. The van der Waals surface area contributed by atoms with Crippen LogP contribution in [0.4, 0.5) is 5.13 Å². The molecule has 2 aromatic heterocycles. The monoisotopic (exact) mass is 820 g/mol. The lowest BCUT2D eigenvalue weighted by atomic mass is 10.1. The Labute approximate surface area is 333 Å². The van der Waals surface area contributed by atoms with Gasteiger partial charge in [-0.15, -0.1) is 17.9 Å². The van der Waals surface area contributed by atoms with E-state index in [4.69, 9.17) is 30.8 Å². The van der Waals surface area contributed by atoms with E-state index in [0.29, 0.717) is 56.5 Å². The molecule has 3 fully saturated rings. The molecule has 0 radical (unpaired) electrons. The molecule has 1 unspecified atom stereocenters. The Balaban J connectivity index is 1.17. The minimum atomic E-state index is -3.90. The van der Waals surface area contributed by atoms with Crippen molar-refractivity contribution in [3.05, 3.63) is 83.9 Å². The van der Waals surface area contributed by atoms with E-state index in [9.17, 15) is 22.8 Å². The van der Waals surface area contributed by atoms with Crippen LogP contribution >= 0.6 is 22.9 Å². The molecular formula is C39H41ClN6O8S2. The summed E-state index contributed by atoms with van der Waals surface area (Å²) < 4.78 is 44.8. The number of ether oxygens (including phenoxy) is 3. The first-order chi connectivity index (χ1) is 26.8. The zero-order valence-corrected chi connectivity index (χ0v) is 33.3. The van der Waals surface area contributed by atoms with Crippen LogP contribution in [0, 0.1) is 5.92 Å². The quantitative estimate of drug-likeness (QED) is 0.136. The number of aromatic nitrogens is 2. The predicted octanol–water partition coefficient (Wildman–Crippen LogP) is 5.10. The third kappa shape index (κ3) is 7.77. The molecule has 17 heteroatoms. The summed E-state index contributed by atoms with van der Waals surface area (Å²) in [6, 6.07) is 10.5. The number of benzene rings is 2. The summed E-state index contributed by atoms with van der Waals surface area (Å²) in [5.74, 6) is -1.06. The molecule has 7 rings (SSSR count). The van der Waals surface area contributed by atoms with Gasteiger partial charge in [0.2, 0.25) is 27.7 Å². The number of sulfonamides is 1. The summed E-state index contributed by atoms with van der Waals surface area (Å²) in [6.07, 6.45) is 3.37. The van der Waals surface area contributed by atoms with Gasteiger partial charge in [0.1, 0.15) is 35.2 Å². The third-order valence-corrected chi connectivity index (χ3v) is 13.1. The van der Waals surface area contributed by atoms with Gasteiger partial charge in [-0.1, -0.05) is 24.3 Å². The number of thiazole rings is 1. The summed E-state index contributed by atoms with van der Waals surface area (Å²) in [5, 5.41) is 9.40. The average Bonchev–Trinajstić information content (AvgIpc) is 4.07. The molecule has 3 amide bonds. The number of carbonyl (C=O) groups is 3. The van der Waals surface area contributed by atoms with Gasteiger partial charge in [0.05, 0.1) is 37.9 Å². The first kappa shape index (κ1) is 39.1. The predicted molar refractivity (Wildman–Crippen MR) is 213 cm³/mol. The lowest BCUT2D eigenvalue weighted by molar-refractivity contribution is -0.139. The summed E-state index contributed by atoms with van der Waals surface area (Å²) in [7, 11) is -0.787. The number of hydrogen-bond donors (Lipinski definition) is 3. The fraction of sp³-hybridized carbons (Fsp3) is 0.359. The van der Waals surface area contributed by atoms with Crippen LogP contribution in [-0.4, -0.2) is 90.7 Å². The smallest absolute Gasteiger partial charge is 0.259 e. The molecule has 5 atom stereocenters. The van der Waals surface area contributed by atoms with Crippen molar-refractivity contribution in [2.75, 3.05) is 26.1 Å². The van der Waals surface area contributed by atoms with Gasteiger partial charge in [-0.05, 0) is 74.2 Å². The number of pyridine rings is 1. The second-order valence-corrected chi connectivity index (χ2v) is 17.4. The van der Waals surface area contributed by atoms with Crippen molar-refractivity contribution in [1.29, 1.82) is 0 Å². The van der Waals surface area contributed by atoms with E-state index in [1.807, 2.05) is 29.6 Å². The molecule has 0 spiro atoms. The van der Waals surface area contributed by atoms with Gasteiger partial charge in [0.25, 0.3) is 5.91 Å². The maximum Gasteiger partial charge on any atom is 0.259 e. The zero-order chi connectivity index (χ0) is 39.9. The highest BCUT2D eigenvalue weighted by Gasteiger charge is 2.62. The van der Waals surface area contributed by atoms with Gasteiger partial charge in [0.15, 0.2) is 5.13 Å². The lowest BCUT2D eigenvalue weighted by Gasteiger charge is -2.30. The fourth-order valence-corrected chi connectivity index (χ4v) is 9.18. The van der Waals surface area contributed by atoms with Crippen molar-refractivity contribution in [2.24, 2.45) is 5.92 Å². The van der Waals surface area contributed by atoms with E-state index < -0.39 is 62.6 Å². The molecule has 1 aliphatic heterocycles. The maximum absolute atomic E-state index is 14.6. The normalized spacial score (nSPS) is 22.1. The van der Waals surface area contributed by atoms with Crippen molar-refractivity contribution < 1.29 is 37.0 Å². The number of methoxy groups -OCH3 is 2. The molecule has 3 heterocycles. The van der Waals surface area contributed by atoms with Crippen LogP contribution in [0.1, 0.15) is 32.6 Å². The van der Waals surface area contributed by atoms with E-state index in [0.717, 1.165) is 5.56 Å². The molecule has 2 aliphatic carbocycles. The van der Waals surface area contributed by atoms with E-state index >= 15 is 0 Å². The van der Waals surface area contributed by atoms with Crippen molar-refractivity contribution in [2.45, 2.75) is 61.6 Å². The first-order valence-corrected chi connectivity index (χ1v) is 20.7. The van der Waals surface area contributed by atoms with Gasteiger partial charge in [-0.25, -0.2) is 18.4 Å². The van der Waals surface area contributed by atoms with E-state index in [2.05, 4.69) is 33.5 Å². The largest absolute Gasteiger partial charge is 0.497 e. The molecule has 56 heavy (non-hydrogen) atoms. The molecule has 2 saturated carbocycles. The third-order valence-electron chi connectivity index (χ3n) is 10.3. The van der Waals surface area contributed by atoms with Crippen LogP contribution in [-0.2, 0) is 24.4 Å². The molecule has 0 bridgehead atoms. The Morgan fingerprint density at radius 3 is 2.50 bits per heavy atom. The van der Waals surface area contributed by atoms with Crippen molar-refractivity contribution in [3.8, 4) is 28.6 Å². The van der Waals surface area contributed by atoms with E-state index in [1.54, 1.807) is 32.2 Å². The highest BCUT2D eigenvalue weighted by molar-refractivity contribution is 7.91. The van der Waals surface area contributed by atoms with Crippen LogP contribution in [0.25, 0.3) is 22.0 Å². The Bertz CT molecular complexity index is 2330. The highest BCUT2D eigenvalue weighted by Crippen LogP contribution is 2.46. The standard InChI is InChI=1S/C39H41ClN6O8S2/c1-6-23-17-39(23,37(49)45-56(50,51)27-12-13-27)44-34(47)31-16-26(54-35-29-15-24(40)9-14-28(29)32(53-5)18-41-35)19-46(31)36(48)33(21(2)3)43-38-42-30(20-55-38)22-7-10-25(52-4)11-8-22/h6-11,14-15,18,20,23,26-27,31,33H,1-2,12-13,16-17,19H2,3-5H3,(H,42,43)(H,44,47)(H,45,49)/t23-,26-,31?,33+,39-/m1/s1. The van der Waals surface area contributed by atoms with Gasteiger partial charge in [0, 0.05) is 39.1 Å². The van der Waals surface area contributed by atoms with Gasteiger partial charge < -0.3 is 29.7 Å². The molecule has 1 saturated heterocycles. The van der Waals surface area contributed by atoms with Gasteiger partial charge >= 0.3 is 0 Å². The number of likely N-dealkylation sites (tertiary alicyclic amines) is 1. The van der Waals surface area contributed by atoms with Crippen LogP contribution < -0.4 is 29.6 Å². The number of nitrogens with zero attached hydrogens (tertiary/aromatic N) is 3. The number of carbonyl (C=O) groups excluding carboxylic acids is 3. The van der Waals surface area contributed by atoms with Crippen LogP contribution in [0.2, 0.25) is 5.02 Å². The van der Waals surface area contributed by atoms with Gasteiger partial charge in [-0.2, -0.15) is 0 Å². The fourth-order valence-electron chi connectivity index (χ4n) is 6.89. The number of anilines is 1. The number of nitrogens with one attached hydrogen (secondary N) is 3. The molecule has 4 aromatic rings. The number of halogens is 1. The molecule has 3 N–H and O–H groups in total. The van der Waals surface area contributed by atoms with Crippen LogP contribution in [0.15, 0.2) is 78.8 Å². The topological polar surface area (TPSA) is 178 Å². The van der Waals surface area contributed by atoms with Crippen LogP contribution in [0.3, 0.4) is 0 Å². The summed E-state index contributed by atoms with van der Waals surface area (Å²) >= 11 is 7.66. The number of amides is 3. The van der Waals surface area contributed by atoms with Gasteiger partial charge in [-0.3, -0.25) is 19.1 Å². The molecule has 294 valence electrons. The zero-order valence-electron chi connectivity index (χ0n) is 30.9. The maximum atomic E-state index is 14.6. The second kappa shape index (κ2) is 15.4. The summed E-state index contributed by atoms with van der Waals surface area (Å²) in [6.45, 7) is 9.53. The minimum absolute atomic E-state index is 0.0198. The van der Waals surface area contributed by atoms with Crippen molar-refractivity contribution in [1.82, 2.24) is 24.9 Å². The van der Waals surface area contributed by atoms with E-state index in [1.165, 1.54) is 35.6 Å². The average molecular weight is 821 g/mol. The summed E-state index contributed by atoms with van der Waals surface area (Å²) in [5.41, 5.74) is 0.454. The van der Waals surface area contributed by atoms with Crippen molar-refractivity contribution >= 4 is 66.6 Å². The molecule has 2 aromatic carbocycles. The Kier molecular flexibility index (Phi) is 10.7.